The third kappa shape index (κ3) is 4.95. The van der Waals surface area contributed by atoms with Crippen molar-refractivity contribution >= 4 is 11.9 Å². The lowest BCUT2D eigenvalue weighted by Crippen LogP contribution is -1.95. The number of hydrogen-bond acceptors (Lipinski definition) is 3. The molecule has 0 aliphatic rings. The molecule has 0 spiro atoms. The molecule has 0 radical (unpaired) electrons. The summed E-state index contributed by atoms with van der Waals surface area (Å²) in [5, 5.41) is 0. The Hall–Kier alpha value is -3.07. The Bertz CT molecular complexity index is 811. The standard InChI is InChI=1S/C22H21NO2/c1-2-24-22-11-7-6-10-21(22)23-16-18-12-14-20(15-13-18)25-17-19-8-4-3-5-9-19/h3-16H,2,17H2,1H3. The minimum atomic E-state index is 0.565. The van der Waals surface area contributed by atoms with E-state index in [-0.39, 0.29) is 0 Å². The largest absolute Gasteiger partial charge is 0.492 e. The van der Waals surface area contributed by atoms with Crippen molar-refractivity contribution in [3.05, 3.63) is 90.0 Å². The van der Waals surface area contributed by atoms with Crippen LogP contribution in [0.4, 0.5) is 5.69 Å². The molecule has 3 nitrogen and oxygen atoms in total. The van der Waals surface area contributed by atoms with Crippen molar-refractivity contribution in [2.24, 2.45) is 4.99 Å². The molecular weight excluding hydrogens is 310 g/mol. The maximum absolute atomic E-state index is 5.80. The zero-order chi connectivity index (χ0) is 17.3. The highest BCUT2D eigenvalue weighted by Crippen LogP contribution is 2.26. The van der Waals surface area contributed by atoms with Crippen LogP contribution in [0, 0.1) is 0 Å². The zero-order valence-corrected chi connectivity index (χ0v) is 14.3. The summed E-state index contributed by atoms with van der Waals surface area (Å²) in [6.07, 6.45) is 1.83. The van der Waals surface area contributed by atoms with E-state index in [1.54, 1.807) is 0 Å². The van der Waals surface area contributed by atoms with Crippen molar-refractivity contribution < 1.29 is 9.47 Å². The lowest BCUT2D eigenvalue weighted by Gasteiger charge is -2.07. The van der Waals surface area contributed by atoms with Gasteiger partial charge in [-0.2, -0.15) is 0 Å². The number of para-hydroxylation sites is 2. The van der Waals surface area contributed by atoms with Gasteiger partial charge in [-0.25, -0.2) is 0 Å². The molecule has 0 aliphatic carbocycles. The highest BCUT2D eigenvalue weighted by atomic mass is 16.5. The molecule has 0 aromatic heterocycles. The lowest BCUT2D eigenvalue weighted by molar-refractivity contribution is 0.306. The Morgan fingerprint density at radius 1 is 0.800 bits per heavy atom. The molecule has 25 heavy (non-hydrogen) atoms. The van der Waals surface area contributed by atoms with Crippen LogP contribution in [0.1, 0.15) is 18.1 Å². The monoisotopic (exact) mass is 331 g/mol. The van der Waals surface area contributed by atoms with Crippen LogP contribution in [-0.4, -0.2) is 12.8 Å². The van der Waals surface area contributed by atoms with Gasteiger partial charge in [-0.1, -0.05) is 42.5 Å². The summed E-state index contributed by atoms with van der Waals surface area (Å²) in [7, 11) is 0. The molecule has 0 N–H and O–H groups in total. The Labute approximate surface area is 148 Å². The van der Waals surface area contributed by atoms with E-state index in [0.29, 0.717) is 13.2 Å². The van der Waals surface area contributed by atoms with Crippen molar-refractivity contribution in [1.29, 1.82) is 0 Å². The summed E-state index contributed by atoms with van der Waals surface area (Å²) in [4.78, 5) is 4.53. The third-order valence-corrected chi connectivity index (χ3v) is 3.65. The second kappa shape index (κ2) is 8.69. The van der Waals surface area contributed by atoms with E-state index in [0.717, 1.165) is 28.3 Å². The van der Waals surface area contributed by atoms with Crippen LogP contribution < -0.4 is 9.47 Å². The quantitative estimate of drug-likeness (QED) is 0.542. The fraction of sp³-hybridized carbons (Fsp3) is 0.136. The van der Waals surface area contributed by atoms with Crippen LogP contribution in [0.2, 0.25) is 0 Å². The molecule has 3 aromatic rings. The SMILES string of the molecule is CCOc1ccccc1N=Cc1ccc(OCc2ccccc2)cc1. The second-order valence-corrected chi connectivity index (χ2v) is 5.50. The molecule has 0 saturated heterocycles. The molecule has 0 unspecified atom stereocenters. The van der Waals surface area contributed by atoms with Gasteiger partial charge in [0, 0.05) is 6.21 Å². The van der Waals surface area contributed by atoms with E-state index in [4.69, 9.17) is 9.47 Å². The van der Waals surface area contributed by atoms with Gasteiger partial charge in [-0.3, -0.25) is 4.99 Å². The lowest BCUT2D eigenvalue weighted by atomic mass is 10.2. The minimum Gasteiger partial charge on any atom is -0.492 e. The van der Waals surface area contributed by atoms with Crippen LogP contribution >= 0.6 is 0 Å². The average molecular weight is 331 g/mol. The summed E-state index contributed by atoms with van der Waals surface area (Å²) in [6.45, 7) is 3.16. The molecule has 0 bridgehead atoms. The maximum atomic E-state index is 5.80. The molecule has 0 fully saturated rings. The zero-order valence-electron chi connectivity index (χ0n) is 14.3. The topological polar surface area (TPSA) is 30.8 Å². The summed E-state index contributed by atoms with van der Waals surface area (Å²) in [5.74, 6) is 1.64. The minimum absolute atomic E-state index is 0.565. The predicted molar refractivity (Wildman–Crippen MR) is 102 cm³/mol. The van der Waals surface area contributed by atoms with Crippen molar-refractivity contribution in [3.8, 4) is 11.5 Å². The summed E-state index contributed by atoms with van der Waals surface area (Å²) in [6, 6.07) is 25.8. The van der Waals surface area contributed by atoms with Crippen molar-refractivity contribution in [1.82, 2.24) is 0 Å². The molecule has 0 amide bonds. The number of aliphatic imine (C=N–C) groups is 1. The smallest absolute Gasteiger partial charge is 0.144 e. The number of nitrogens with zero attached hydrogens (tertiary/aromatic N) is 1. The van der Waals surface area contributed by atoms with Crippen LogP contribution in [0.15, 0.2) is 83.9 Å². The van der Waals surface area contributed by atoms with E-state index in [1.807, 2.05) is 79.9 Å². The fourth-order valence-electron chi connectivity index (χ4n) is 2.38. The van der Waals surface area contributed by atoms with Crippen molar-refractivity contribution in [2.75, 3.05) is 6.61 Å². The maximum Gasteiger partial charge on any atom is 0.144 e. The van der Waals surface area contributed by atoms with Gasteiger partial charge in [0.05, 0.1) is 6.61 Å². The fourth-order valence-corrected chi connectivity index (χ4v) is 2.38. The first kappa shape index (κ1) is 16.8. The first-order valence-corrected chi connectivity index (χ1v) is 8.38. The second-order valence-electron chi connectivity index (χ2n) is 5.50. The van der Waals surface area contributed by atoms with Crippen LogP contribution in [-0.2, 0) is 6.61 Å². The molecule has 0 aliphatic heterocycles. The van der Waals surface area contributed by atoms with Crippen molar-refractivity contribution in [2.45, 2.75) is 13.5 Å². The molecule has 3 heteroatoms. The number of rotatable bonds is 7. The van der Waals surface area contributed by atoms with E-state index < -0.39 is 0 Å². The summed E-state index contributed by atoms with van der Waals surface area (Å²) < 4.78 is 11.4. The van der Waals surface area contributed by atoms with Gasteiger partial charge in [0.15, 0.2) is 0 Å². The van der Waals surface area contributed by atoms with E-state index in [9.17, 15) is 0 Å². The molecule has 0 saturated carbocycles. The van der Waals surface area contributed by atoms with Crippen LogP contribution in [0.25, 0.3) is 0 Å². The Morgan fingerprint density at radius 3 is 2.28 bits per heavy atom. The third-order valence-electron chi connectivity index (χ3n) is 3.65. The predicted octanol–water partition coefficient (Wildman–Crippen LogP) is 5.41. The van der Waals surface area contributed by atoms with Gasteiger partial charge in [-0.15, -0.1) is 0 Å². The van der Waals surface area contributed by atoms with E-state index in [2.05, 4.69) is 17.1 Å². The van der Waals surface area contributed by atoms with Crippen LogP contribution in [0.3, 0.4) is 0 Å². The van der Waals surface area contributed by atoms with Gasteiger partial charge in [-0.05, 0) is 54.4 Å². The Balaban J connectivity index is 1.62. The molecule has 0 atom stereocenters. The Kier molecular flexibility index (Phi) is 5.83. The molecule has 3 rings (SSSR count). The Morgan fingerprint density at radius 2 is 1.52 bits per heavy atom. The number of hydrogen-bond donors (Lipinski definition) is 0. The normalized spacial score (nSPS) is 10.8. The highest BCUT2D eigenvalue weighted by molar-refractivity contribution is 5.82. The molecule has 126 valence electrons. The summed E-state index contributed by atoms with van der Waals surface area (Å²) >= 11 is 0. The molecular formula is C22H21NO2. The van der Waals surface area contributed by atoms with E-state index in [1.165, 1.54) is 0 Å². The van der Waals surface area contributed by atoms with Gasteiger partial charge < -0.3 is 9.47 Å². The van der Waals surface area contributed by atoms with Gasteiger partial charge >= 0.3 is 0 Å². The van der Waals surface area contributed by atoms with Gasteiger partial charge in [0.25, 0.3) is 0 Å². The summed E-state index contributed by atoms with van der Waals surface area (Å²) in [5.41, 5.74) is 2.99. The van der Waals surface area contributed by atoms with E-state index >= 15 is 0 Å². The highest BCUT2D eigenvalue weighted by Gasteiger charge is 2.00. The van der Waals surface area contributed by atoms with Gasteiger partial charge in [0.2, 0.25) is 0 Å². The first-order chi connectivity index (χ1) is 12.3. The number of benzene rings is 3. The molecule has 3 aromatic carbocycles. The average Bonchev–Trinajstić information content (AvgIpc) is 2.68. The molecule has 0 heterocycles. The van der Waals surface area contributed by atoms with Crippen molar-refractivity contribution in [3.63, 3.8) is 0 Å². The van der Waals surface area contributed by atoms with Gasteiger partial charge in [0.1, 0.15) is 23.8 Å². The van der Waals surface area contributed by atoms with Crippen LogP contribution in [0.5, 0.6) is 11.5 Å². The first-order valence-electron chi connectivity index (χ1n) is 8.38. The number of ether oxygens (including phenoxy) is 2.